The minimum absolute atomic E-state index is 0.463. The average Bonchev–Trinajstić information content (AvgIpc) is 2.85. The molecule has 2 heterocycles. The topological polar surface area (TPSA) is 64.5 Å². The SMILES string of the molecule is [N-]=[N+]=NCCN1CCN(CC2CCCO2)CC1. The molecule has 0 radical (unpaired) electrons. The van der Waals surface area contributed by atoms with E-state index < -0.39 is 0 Å². The van der Waals surface area contributed by atoms with Gasteiger partial charge in [-0.2, -0.15) is 0 Å². The highest BCUT2D eigenvalue weighted by Gasteiger charge is 2.22. The van der Waals surface area contributed by atoms with Crippen molar-refractivity contribution in [1.29, 1.82) is 0 Å². The third-order valence-corrected chi connectivity index (χ3v) is 3.53. The van der Waals surface area contributed by atoms with E-state index in [9.17, 15) is 0 Å². The molecule has 6 nitrogen and oxygen atoms in total. The largest absolute Gasteiger partial charge is 0.377 e. The highest BCUT2D eigenvalue weighted by Crippen LogP contribution is 2.14. The Morgan fingerprint density at radius 3 is 2.65 bits per heavy atom. The van der Waals surface area contributed by atoms with Crippen molar-refractivity contribution in [3.05, 3.63) is 10.4 Å². The van der Waals surface area contributed by atoms with Crippen molar-refractivity contribution in [3.8, 4) is 0 Å². The Morgan fingerprint density at radius 1 is 1.24 bits per heavy atom. The first-order chi connectivity index (χ1) is 8.38. The lowest BCUT2D eigenvalue weighted by molar-refractivity contribution is 0.0511. The summed E-state index contributed by atoms with van der Waals surface area (Å²) in [5.41, 5.74) is 8.21. The standard InChI is InChI=1S/C11H21N5O/c12-14-13-3-4-15-5-7-16(8-6-15)10-11-2-1-9-17-11/h11H,1-10H2. The molecule has 0 aromatic heterocycles. The van der Waals surface area contributed by atoms with E-state index in [2.05, 4.69) is 19.8 Å². The van der Waals surface area contributed by atoms with Gasteiger partial charge in [-0.15, -0.1) is 0 Å². The zero-order chi connectivity index (χ0) is 11.9. The second-order valence-corrected chi connectivity index (χ2v) is 4.73. The Kier molecular flexibility index (Phi) is 5.07. The van der Waals surface area contributed by atoms with E-state index in [0.717, 1.165) is 45.9 Å². The summed E-state index contributed by atoms with van der Waals surface area (Å²) in [5, 5.41) is 3.57. The van der Waals surface area contributed by atoms with E-state index in [0.29, 0.717) is 12.6 Å². The normalized spacial score (nSPS) is 26.9. The second-order valence-electron chi connectivity index (χ2n) is 4.73. The number of nitrogens with zero attached hydrogens (tertiary/aromatic N) is 5. The summed E-state index contributed by atoms with van der Waals surface area (Å²) in [6.07, 6.45) is 2.90. The Labute approximate surface area is 102 Å². The Bertz CT molecular complexity index is 265. The zero-order valence-corrected chi connectivity index (χ0v) is 10.3. The molecule has 1 unspecified atom stereocenters. The quantitative estimate of drug-likeness (QED) is 0.410. The highest BCUT2D eigenvalue weighted by atomic mass is 16.5. The smallest absolute Gasteiger partial charge is 0.0702 e. The van der Waals surface area contributed by atoms with Gasteiger partial charge in [-0.1, -0.05) is 5.11 Å². The third-order valence-electron chi connectivity index (χ3n) is 3.53. The van der Waals surface area contributed by atoms with Crippen LogP contribution in [0.15, 0.2) is 5.11 Å². The Morgan fingerprint density at radius 2 is 2.00 bits per heavy atom. The van der Waals surface area contributed by atoms with Crippen molar-refractivity contribution in [2.24, 2.45) is 5.11 Å². The number of rotatable bonds is 5. The van der Waals surface area contributed by atoms with Crippen LogP contribution >= 0.6 is 0 Å². The molecule has 17 heavy (non-hydrogen) atoms. The van der Waals surface area contributed by atoms with Crippen LogP contribution in [0.4, 0.5) is 0 Å². The molecule has 1 atom stereocenters. The van der Waals surface area contributed by atoms with Gasteiger partial charge < -0.3 is 9.64 Å². The van der Waals surface area contributed by atoms with E-state index in [4.69, 9.17) is 10.3 Å². The third kappa shape index (κ3) is 4.16. The number of ether oxygens (including phenoxy) is 1. The maximum atomic E-state index is 8.21. The first-order valence-electron chi connectivity index (χ1n) is 6.45. The van der Waals surface area contributed by atoms with Crippen LogP contribution in [0.1, 0.15) is 12.8 Å². The maximum absolute atomic E-state index is 8.21. The number of piperazine rings is 1. The summed E-state index contributed by atoms with van der Waals surface area (Å²) in [7, 11) is 0. The summed E-state index contributed by atoms with van der Waals surface area (Å²) in [4.78, 5) is 7.62. The predicted octanol–water partition coefficient (Wildman–Crippen LogP) is 1.09. The molecule has 0 spiro atoms. The molecule has 2 aliphatic heterocycles. The fourth-order valence-corrected chi connectivity index (χ4v) is 2.50. The van der Waals surface area contributed by atoms with Crippen molar-refractivity contribution in [2.45, 2.75) is 18.9 Å². The molecular weight excluding hydrogens is 218 g/mol. The number of hydrogen-bond acceptors (Lipinski definition) is 4. The van der Waals surface area contributed by atoms with Gasteiger partial charge in [0, 0.05) is 57.3 Å². The van der Waals surface area contributed by atoms with Crippen LogP contribution in [0.2, 0.25) is 0 Å². The van der Waals surface area contributed by atoms with Crippen LogP contribution < -0.4 is 0 Å². The fourth-order valence-electron chi connectivity index (χ4n) is 2.50. The van der Waals surface area contributed by atoms with Gasteiger partial charge in [0.25, 0.3) is 0 Å². The summed E-state index contributed by atoms with van der Waals surface area (Å²) >= 11 is 0. The monoisotopic (exact) mass is 239 g/mol. The van der Waals surface area contributed by atoms with Gasteiger partial charge >= 0.3 is 0 Å². The molecule has 0 aliphatic carbocycles. The lowest BCUT2D eigenvalue weighted by atomic mass is 10.2. The number of hydrogen-bond donors (Lipinski definition) is 0. The van der Waals surface area contributed by atoms with Crippen molar-refractivity contribution in [2.75, 3.05) is 52.4 Å². The van der Waals surface area contributed by atoms with Crippen LogP contribution in [-0.4, -0.2) is 68.3 Å². The molecule has 0 N–H and O–H groups in total. The lowest BCUT2D eigenvalue weighted by Gasteiger charge is -2.35. The van der Waals surface area contributed by atoms with Crippen molar-refractivity contribution >= 4 is 0 Å². The van der Waals surface area contributed by atoms with Gasteiger partial charge in [0.2, 0.25) is 0 Å². The summed E-state index contributed by atoms with van der Waals surface area (Å²) in [6.45, 7) is 7.87. The Balaban J connectivity index is 1.61. The van der Waals surface area contributed by atoms with Crippen LogP contribution in [0.5, 0.6) is 0 Å². The molecule has 0 amide bonds. The molecule has 0 aromatic rings. The molecule has 96 valence electrons. The number of azide groups is 1. The van der Waals surface area contributed by atoms with Crippen LogP contribution in [0.3, 0.4) is 0 Å². The molecule has 0 bridgehead atoms. The molecule has 2 saturated heterocycles. The van der Waals surface area contributed by atoms with Crippen LogP contribution in [0, 0.1) is 0 Å². The van der Waals surface area contributed by atoms with Gasteiger partial charge in [0.15, 0.2) is 0 Å². The van der Waals surface area contributed by atoms with E-state index >= 15 is 0 Å². The minimum atomic E-state index is 0.463. The van der Waals surface area contributed by atoms with Crippen LogP contribution in [-0.2, 0) is 4.74 Å². The van der Waals surface area contributed by atoms with E-state index in [1.165, 1.54) is 12.8 Å². The summed E-state index contributed by atoms with van der Waals surface area (Å²) in [6, 6.07) is 0. The molecule has 2 aliphatic rings. The van der Waals surface area contributed by atoms with E-state index in [-0.39, 0.29) is 0 Å². The van der Waals surface area contributed by atoms with Gasteiger partial charge in [-0.05, 0) is 18.4 Å². The maximum Gasteiger partial charge on any atom is 0.0702 e. The lowest BCUT2D eigenvalue weighted by Crippen LogP contribution is -2.48. The zero-order valence-electron chi connectivity index (χ0n) is 10.3. The predicted molar refractivity (Wildman–Crippen MR) is 65.9 cm³/mol. The summed E-state index contributed by atoms with van der Waals surface area (Å²) in [5.74, 6) is 0. The molecular formula is C11H21N5O. The molecule has 0 aromatic carbocycles. The van der Waals surface area contributed by atoms with Gasteiger partial charge in [-0.3, -0.25) is 4.90 Å². The van der Waals surface area contributed by atoms with Crippen molar-refractivity contribution in [1.82, 2.24) is 9.80 Å². The summed E-state index contributed by atoms with van der Waals surface area (Å²) < 4.78 is 5.65. The Hall–Kier alpha value is -0.810. The van der Waals surface area contributed by atoms with E-state index in [1.54, 1.807) is 0 Å². The second kappa shape index (κ2) is 6.81. The van der Waals surface area contributed by atoms with Gasteiger partial charge in [0.05, 0.1) is 6.10 Å². The molecule has 2 rings (SSSR count). The minimum Gasteiger partial charge on any atom is -0.377 e. The fraction of sp³-hybridized carbons (Fsp3) is 1.00. The highest BCUT2D eigenvalue weighted by molar-refractivity contribution is 4.76. The van der Waals surface area contributed by atoms with Gasteiger partial charge in [-0.25, -0.2) is 0 Å². The van der Waals surface area contributed by atoms with Gasteiger partial charge in [0.1, 0.15) is 0 Å². The van der Waals surface area contributed by atoms with Crippen LogP contribution in [0.25, 0.3) is 10.4 Å². The van der Waals surface area contributed by atoms with E-state index in [1.807, 2.05) is 0 Å². The van der Waals surface area contributed by atoms with Crippen molar-refractivity contribution in [3.63, 3.8) is 0 Å². The first-order valence-corrected chi connectivity index (χ1v) is 6.45. The molecule has 2 fully saturated rings. The molecule has 0 saturated carbocycles. The molecule has 6 heteroatoms. The average molecular weight is 239 g/mol. The van der Waals surface area contributed by atoms with Crippen molar-refractivity contribution < 1.29 is 4.74 Å². The first kappa shape index (κ1) is 12.6.